The lowest BCUT2D eigenvalue weighted by atomic mass is 10.0. The predicted octanol–water partition coefficient (Wildman–Crippen LogP) is 2.61. The Bertz CT molecular complexity index is 859. The van der Waals surface area contributed by atoms with E-state index >= 15 is 0 Å². The molecule has 2 saturated heterocycles. The van der Waals surface area contributed by atoms with Crippen molar-refractivity contribution in [2.24, 2.45) is 5.73 Å². The molecule has 3 aliphatic heterocycles. The summed E-state index contributed by atoms with van der Waals surface area (Å²) in [6.45, 7) is 2.75. The summed E-state index contributed by atoms with van der Waals surface area (Å²) in [6.07, 6.45) is 9.05. The number of benzene rings is 1. The average molecular weight is 416 g/mol. The van der Waals surface area contributed by atoms with Gasteiger partial charge in [-0.3, -0.25) is 14.5 Å². The normalized spacial score (nSPS) is 23.0. The standard InChI is InChI=1S/C22H26ClN3O3/c23-17-4-5-20-16(13-17)12-15(14-29-20)3-6-21(27)25-10-7-18(8-11-25)26-9-1-2-19(26)22(24)28/h3-6,12-13,18-19H,1-2,7-11,14H2,(H2,24,28). The van der Waals surface area contributed by atoms with Gasteiger partial charge in [0.05, 0.1) is 6.04 Å². The molecule has 0 saturated carbocycles. The van der Waals surface area contributed by atoms with Crippen LogP contribution in [-0.4, -0.2) is 59.9 Å². The molecule has 1 aromatic rings. The number of likely N-dealkylation sites (tertiary alicyclic amines) is 2. The Hall–Kier alpha value is -2.31. The average Bonchev–Trinajstić information content (AvgIpc) is 3.22. The van der Waals surface area contributed by atoms with Crippen LogP contribution in [-0.2, 0) is 9.59 Å². The largest absolute Gasteiger partial charge is 0.488 e. The van der Waals surface area contributed by atoms with Gasteiger partial charge in [0.25, 0.3) is 0 Å². The zero-order valence-corrected chi connectivity index (χ0v) is 17.1. The number of nitrogens with two attached hydrogens (primary N) is 1. The second-order valence-electron chi connectivity index (χ2n) is 7.88. The number of halogens is 1. The van der Waals surface area contributed by atoms with Crippen molar-refractivity contribution in [3.8, 4) is 5.75 Å². The highest BCUT2D eigenvalue weighted by Crippen LogP contribution is 2.29. The van der Waals surface area contributed by atoms with E-state index in [1.54, 1.807) is 12.1 Å². The first-order valence-corrected chi connectivity index (χ1v) is 10.5. The highest BCUT2D eigenvalue weighted by atomic mass is 35.5. The quantitative estimate of drug-likeness (QED) is 0.767. The van der Waals surface area contributed by atoms with Crippen LogP contribution in [0.4, 0.5) is 0 Å². The van der Waals surface area contributed by atoms with Crippen LogP contribution < -0.4 is 10.5 Å². The number of primary amides is 1. The van der Waals surface area contributed by atoms with Gasteiger partial charge in [-0.25, -0.2) is 0 Å². The van der Waals surface area contributed by atoms with Gasteiger partial charge in [0.15, 0.2) is 0 Å². The first-order chi connectivity index (χ1) is 14.0. The maximum atomic E-state index is 12.6. The molecule has 1 atom stereocenters. The van der Waals surface area contributed by atoms with E-state index < -0.39 is 0 Å². The molecule has 154 valence electrons. The fraction of sp³-hybridized carbons (Fsp3) is 0.455. The van der Waals surface area contributed by atoms with Crippen LogP contribution in [0.3, 0.4) is 0 Å². The topological polar surface area (TPSA) is 75.9 Å². The minimum absolute atomic E-state index is 0.00844. The van der Waals surface area contributed by atoms with Crippen molar-refractivity contribution >= 4 is 29.5 Å². The van der Waals surface area contributed by atoms with Crippen molar-refractivity contribution < 1.29 is 14.3 Å². The summed E-state index contributed by atoms with van der Waals surface area (Å²) in [6, 6.07) is 5.70. The van der Waals surface area contributed by atoms with E-state index in [2.05, 4.69) is 4.90 Å². The number of nitrogens with zero attached hydrogens (tertiary/aromatic N) is 2. The van der Waals surface area contributed by atoms with Crippen molar-refractivity contribution in [2.45, 2.75) is 37.8 Å². The monoisotopic (exact) mass is 415 g/mol. The molecular weight excluding hydrogens is 390 g/mol. The first kappa shape index (κ1) is 20.0. The molecule has 0 aromatic heterocycles. The van der Waals surface area contributed by atoms with Crippen LogP contribution in [0.5, 0.6) is 5.75 Å². The van der Waals surface area contributed by atoms with Gasteiger partial charge in [-0.15, -0.1) is 0 Å². The Morgan fingerprint density at radius 1 is 1.17 bits per heavy atom. The van der Waals surface area contributed by atoms with E-state index in [0.29, 0.717) is 30.8 Å². The lowest BCUT2D eigenvalue weighted by Gasteiger charge is -2.38. The second-order valence-corrected chi connectivity index (χ2v) is 8.31. The Morgan fingerprint density at radius 3 is 2.72 bits per heavy atom. The molecule has 2 amide bonds. The van der Waals surface area contributed by atoms with E-state index in [0.717, 1.165) is 49.1 Å². The smallest absolute Gasteiger partial charge is 0.246 e. The third-order valence-corrected chi connectivity index (χ3v) is 6.25. The van der Waals surface area contributed by atoms with E-state index in [1.165, 1.54) is 0 Å². The highest BCUT2D eigenvalue weighted by molar-refractivity contribution is 6.30. The summed E-state index contributed by atoms with van der Waals surface area (Å²) in [4.78, 5) is 28.4. The summed E-state index contributed by atoms with van der Waals surface area (Å²) in [5.74, 6) is 0.583. The van der Waals surface area contributed by atoms with Gasteiger partial charge in [0.2, 0.25) is 11.8 Å². The molecule has 0 bridgehead atoms. The van der Waals surface area contributed by atoms with Gasteiger partial charge in [-0.1, -0.05) is 17.7 Å². The third-order valence-electron chi connectivity index (χ3n) is 6.01. The van der Waals surface area contributed by atoms with Crippen LogP contribution >= 0.6 is 11.6 Å². The summed E-state index contributed by atoms with van der Waals surface area (Å²) in [5, 5.41) is 0.657. The van der Waals surface area contributed by atoms with Crippen molar-refractivity contribution in [3.63, 3.8) is 0 Å². The molecule has 29 heavy (non-hydrogen) atoms. The SMILES string of the molecule is NC(=O)C1CCCN1C1CCN(C(=O)C=CC2=Cc3cc(Cl)ccc3OC2)CC1. The number of piperidine rings is 1. The summed E-state index contributed by atoms with van der Waals surface area (Å²) in [5.41, 5.74) is 7.40. The Morgan fingerprint density at radius 2 is 1.97 bits per heavy atom. The number of carbonyl (C=O) groups is 2. The maximum absolute atomic E-state index is 12.6. The lowest BCUT2D eigenvalue weighted by molar-refractivity contribution is -0.129. The van der Waals surface area contributed by atoms with Crippen molar-refractivity contribution in [1.82, 2.24) is 9.80 Å². The molecule has 2 N–H and O–H groups in total. The van der Waals surface area contributed by atoms with Crippen LogP contribution in [0.2, 0.25) is 5.02 Å². The van der Waals surface area contributed by atoms with Crippen molar-refractivity contribution in [3.05, 3.63) is 46.5 Å². The lowest BCUT2D eigenvalue weighted by Crippen LogP contribution is -2.51. The van der Waals surface area contributed by atoms with Gasteiger partial charge >= 0.3 is 0 Å². The van der Waals surface area contributed by atoms with Gasteiger partial charge in [-0.2, -0.15) is 0 Å². The van der Waals surface area contributed by atoms with E-state index in [4.69, 9.17) is 22.1 Å². The molecule has 1 aromatic carbocycles. The molecule has 3 heterocycles. The summed E-state index contributed by atoms with van der Waals surface area (Å²) >= 11 is 6.05. The number of rotatable bonds is 4. The fourth-order valence-corrected chi connectivity index (χ4v) is 4.68. The zero-order valence-electron chi connectivity index (χ0n) is 16.4. The molecule has 0 radical (unpaired) electrons. The Balaban J connectivity index is 1.33. The van der Waals surface area contributed by atoms with Gasteiger partial charge < -0.3 is 15.4 Å². The summed E-state index contributed by atoms with van der Waals surface area (Å²) in [7, 11) is 0. The van der Waals surface area contributed by atoms with Crippen LogP contribution in [0.25, 0.3) is 6.08 Å². The van der Waals surface area contributed by atoms with E-state index in [-0.39, 0.29) is 17.9 Å². The number of carbonyl (C=O) groups excluding carboxylic acids is 2. The molecule has 2 fully saturated rings. The molecule has 0 spiro atoms. The third kappa shape index (κ3) is 4.49. The minimum atomic E-state index is -0.227. The number of hydrogen-bond donors (Lipinski definition) is 1. The molecule has 4 rings (SSSR count). The van der Waals surface area contributed by atoms with Gasteiger partial charge in [0.1, 0.15) is 12.4 Å². The molecular formula is C22H26ClN3O3. The van der Waals surface area contributed by atoms with Crippen LogP contribution in [0.1, 0.15) is 31.2 Å². The zero-order chi connectivity index (χ0) is 20.4. The van der Waals surface area contributed by atoms with Gasteiger partial charge in [-0.05, 0) is 62.1 Å². The molecule has 1 unspecified atom stereocenters. The molecule has 3 aliphatic rings. The molecule has 7 heteroatoms. The predicted molar refractivity (Wildman–Crippen MR) is 113 cm³/mol. The summed E-state index contributed by atoms with van der Waals surface area (Å²) < 4.78 is 5.72. The van der Waals surface area contributed by atoms with Crippen LogP contribution in [0, 0.1) is 0 Å². The first-order valence-electron chi connectivity index (χ1n) is 10.2. The second kappa shape index (κ2) is 8.59. The van der Waals surface area contributed by atoms with E-state index in [9.17, 15) is 9.59 Å². The van der Waals surface area contributed by atoms with Crippen LogP contribution in [0.15, 0.2) is 35.9 Å². The Labute approximate surface area is 175 Å². The number of amides is 2. The maximum Gasteiger partial charge on any atom is 0.246 e. The van der Waals surface area contributed by atoms with Crippen molar-refractivity contribution in [2.75, 3.05) is 26.2 Å². The van der Waals surface area contributed by atoms with Gasteiger partial charge in [0, 0.05) is 35.8 Å². The molecule has 6 nitrogen and oxygen atoms in total. The number of ether oxygens (including phenoxy) is 1. The van der Waals surface area contributed by atoms with Crippen molar-refractivity contribution in [1.29, 1.82) is 0 Å². The Kier molecular flexibility index (Phi) is 5.92. The van der Waals surface area contributed by atoms with E-state index in [1.807, 2.05) is 29.2 Å². The minimum Gasteiger partial charge on any atom is -0.488 e. The number of hydrogen-bond acceptors (Lipinski definition) is 4. The highest BCUT2D eigenvalue weighted by Gasteiger charge is 2.36. The number of fused-ring (bicyclic) bond motifs is 1. The molecule has 0 aliphatic carbocycles. The fourth-order valence-electron chi connectivity index (χ4n) is 4.50.